The molecule has 0 unspecified atom stereocenters. The number of hydrogen-bond acceptors (Lipinski definition) is 5. The second kappa shape index (κ2) is 10.7. The zero-order valence-corrected chi connectivity index (χ0v) is 20.9. The number of nitrogens with zero attached hydrogens (tertiary/aromatic N) is 4. The fourth-order valence-electron chi connectivity index (χ4n) is 4.47. The highest BCUT2D eigenvalue weighted by atomic mass is 32.1. The van der Waals surface area contributed by atoms with Gasteiger partial charge in [0.25, 0.3) is 5.91 Å². The van der Waals surface area contributed by atoms with Crippen molar-refractivity contribution in [2.45, 2.75) is 33.0 Å². The normalized spacial score (nSPS) is 13.1. The molecule has 0 fully saturated rings. The van der Waals surface area contributed by atoms with Crippen LogP contribution in [0.1, 0.15) is 43.2 Å². The molecule has 0 bridgehead atoms. The predicted octanol–water partition coefficient (Wildman–Crippen LogP) is 4.22. The van der Waals surface area contributed by atoms with E-state index in [4.69, 9.17) is 0 Å². The molecule has 4 aromatic rings. The Bertz CT molecular complexity index is 1390. The van der Waals surface area contributed by atoms with Gasteiger partial charge in [0.05, 0.1) is 6.54 Å². The van der Waals surface area contributed by atoms with Gasteiger partial charge in [-0.1, -0.05) is 18.2 Å². The minimum absolute atomic E-state index is 0.0112. The molecule has 182 valence electrons. The van der Waals surface area contributed by atoms with Crippen molar-refractivity contribution in [1.82, 2.24) is 25.0 Å². The third kappa shape index (κ3) is 5.44. The maximum Gasteiger partial charge on any atom is 0.254 e. The van der Waals surface area contributed by atoms with Crippen LogP contribution in [-0.4, -0.2) is 38.0 Å². The van der Waals surface area contributed by atoms with Gasteiger partial charge in [-0.3, -0.25) is 19.3 Å². The summed E-state index contributed by atoms with van der Waals surface area (Å²) in [6.45, 7) is 4.13. The van der Waals surface area contributed by atoms with Gasteiger partial charge < -0.3 is 10.2 Å². The van der Waals surface area contributed by atoms with Gasteiger partial charge >= 0.3 is 0 Å². The maximum atomic E-state index is 13.3. The highest BCUT2D eigenvalue weighted by Crippen LogP contribution is 2.25. The first-order valence-corrected chi connectivity index (χ1v) is 12.8. The number of amides is 2. The molecular weight excluding hydrogens is 470 g/mol. The number of thiophene rings is 1. The number of carbonyl (C=O) groups excluding carboxylic acids is 2. The van der Waals surface area contributed by atoms with E-state index in [9.17, 15) is 9.59 Å². The van der Waals surface area contributed by atoms with E-state index in [1.165, 1.54) is 5.56 Å². The Hall–Kier alpha value is -4.04. The van der Waals surface area contributed by atoms with Gasteiger partial charge in [0, 0.05) is 60.4 Å². The minimum Gasteiger partial charge on any atom is -0.348 e. The lowest BCUT2D eigenvalue weighted by Gasteiger charge is -2.30. The monoisotopic (exact) mass is 497 g/mol. The lowest BCUT2D eigenvalue weighted by atomic mass is 9.94. The Kier molecular flexibility index (Phi) is 7.04. The molecule has 1 aliphatic heterocycles. The first kappa shape index (κ1) is 23.7. The average Bonchev–Trinajstić information content (AvgIpc) is 3.61. The summed E-state index contributed by atoms with van der Waals surface area (Å²) in [5, 5.41) is 9.22. The van der Waals surface area contributed by atoms with Crippen molar-refractivity contribution < 1.29 is 9.59 Å². The van der Waals surface area contributed by atoms with Gasteiger partial charge in [0.2, 0.25) is 5.91 Å². The summed E-state index contributed by atoms with van der Waals surface area (Å²) in [6.07, 6.45) is 9.63. The van der Waals surface area contributed by atoms with E-state index in [1.54, 1.807) is 23.6 Å². The van der Waals surface area contributed by atoms with Crippen molar-refractivity contribution in [3.63, 3.8) is 0 Å². The van der Waals surface area contributed by atoms with Gasteiger partial charge in [0.1, 0.15) is 0 Å². The van der Waals surface area contributed by atoms with Gasteiger partial charge in [0.15, 0.2) is 0 Å². The van der Waals surface area contributed by atoms with Crippen LogP contribution in [0, 0.1) is 6.92 Å². The van der Waals surface area contributed by atoms with E-state index < -0.39 is 0 Å². The zero-order chi connectivity index (χ0) is 24.9. The Morgan fingerprint density at radius 2 is 2.11 bits per heavy atom. The molecule has 3 aromatic heterocycles. The van der Waals surface area contributed by atoms with E-state index in [0.717, 1.165) is 33.7 Å². The van der Waals surface area contributed by atoms with Crippen molar-refractivity contribution in [3.05, 3.63) is 111 Å². The second-order valence-electron chi connectivity index (χ2n) is 8.77. The summed E-state index contributed by atoms with van der Waals surface area (Å²) in [5.41, 5.74) is 5.87. The number of rotatable bonds is 7. The number of aryl methyl sites for hydroxylation is 1. The van der Waals surface area contributed by atoms with Crippen LogP contribution in [0.5, 0.6) is 0 Å². The fraction of sp³-hybridized carbons (Fsp3) is 0.214. The van der Waals surface area contributed by atoms with E-state index in [2.05, 4.69) is 15.4 Å². The first-order chi connectivity index (χ1) is 17.6. The molecule has 0 atom stereocenters. The van der Waals surface area contributed by atoms with Crippen LogP contribution in [0.3, 0.4) is 0 Å². The highest BCUT2D eigenvalue weighted by Gasteiger charge is 2.25. The molecule has 4 heterocycles. The lowest BCUT2D eigenvalue weighted by Crippen LogP contribution is -2.37. The topological polar surface area (TPSA) is 80.1 Å². The van der Waals surface area contributed by atoms with Crippen LogP contribution < -0.4 is 5.32 Å². The standard InChI is InChI=1S/C28H27N5O2S/c1-20-26(17-30-27(34)9-8-24-7-3-14-36-24)25-10-13-32(19-23(25)16-29-20)28(35)22-6-2-5-21(15-22)18-33-12-4-11-31-33/h2-9,11-12,14-16H,10,13,17-19H2,1H3,(H,30,34). The molecule has 36 heavy (non-hydrogen) atoms. The summed E-state index contributed by atoms with van der Waals surface area (Å²) in [6, 6.07) is 13.5. The number of nitrogens with one attached hydrogen (secondary N) is 1. The van der Waals surface area contributed by atoms with Crippen LogP contribution in [0.4, 0.5) is 0 Å². The molecule has 0 radical (unpaired) electrons. The van der Waals surface area contributed by atoms with Crippen molar-refractivity contribution in [1.29, 1.82) is 0 Å². The van der Waals surface area contributed by atoms with Gasteiger partial charge in [-0.2, -0.15) is 5.10 Å². The molecule has 1 N–H and O–H groups in total. The quantitative estimate of drug-likeness (QED) is 0.388. The number of fused-ring (bicyclic) bond motifs is 1. The Morgan fingerprint density at radius 1 is 1.19 bits per heavy atom. The molecule has 7 nitrogen and oxygen atoms in total. The maximum absolute atomic E-state index is 13.3. The number of carbonyl (C=O) groups is 2. The van der Waals surface area contributed by atoms with Crippen LogP contribution >= 0.6 is 11.3 Å². The van der Waals surface area contributed by atoms with Gasteiger partial charge in [-0.25, -0.2) is 0 Å². The molecule has 1 aromatic carbocycles. The molecular formula is C28H27N5O2S. The van der Waals surface area contributed by atoms with Crippen LogP contribution in [0.25, 0.3) is 6.08 Å². The third-order valence-electron chi connectivity index (χ3n) is 6.34. The van der Waals surface area contributed by atoms with E-state index in [1.807, 2.05) is 82.8 Å². The summed E-state index contributed by atoms with van der Waals surface area (Å²) < 4.78 is 1.84. The number of benzene rings is 1. The average molecular weight is 498 g/mol. The molecule has 5 rings (SSSR count). The van der Waals surface area contributed by atoms with Gasteiger partial charge in [-0.05, 0) is 71.3 Å². The summed E-state index contributed by atoms with van der Waals surface area (Å²) >= 11 is 1.59. The second-order valence-corrected chi connectivity index (χ2v) is 9.75. The van der Waals surface area contributed by atoms with Crippen LogP contribution in [0.15, 0.2) is 72.5 Å². The molecule has 0 aliphatic carbocycles. The Morgan fingerprint density at radius 3 is 2.92 bits per heavy atom. The third-order valence-corrected chi connectivity index (χ3v) is 7.18. The number of hydrogen-bond donors (Lipinski definition) is 1. The molecule has 2 amide bonds. The van der Waals surface area contributed by atoms with Crippen molar-refractivity contribution >= 4 is 29.2 Å². The first-order valence-electron chi connectivity index (χ1n) is 11.9. The SMILES string of the molecule is Cc1ncc2c(c1CNC(=O)C=Cc1cccs1)CCN(C(=O)c1cccc(Cn3cccn3)c1)C2. The van der Waals surface area contributed by atoms with Crippen LogP contribution in [0.2, 0.25) is 0 Å². The van der Waals surface area contributed by atoms with E-state index in [0.29, 0.717) is 31.7 Å². The molecule has 8 heteroatoms. The lowest BCUT2D eigenvalue weighted by molar-refractivity contribution is -0.116. The molecule has 0 spiro atoms. The highest BCUT2D eigenvalue weighted by molar-refractivity contribution is 7.10. The molecule has 1 aliphatic rings. The predicted molar refractivity (Wildman–Crippen MR) is 140 cm³/mol. The summed E-state index contributed by atoms with van der Waals surface area (Å²) in [7, 11) is 0. The van der Waals surface area contributed by atoms with Crippen molar-refractivity contribution in [3.8, 4) is 0 Å². The largest absolute Gasteiger partial charge is 0.348 e. The Balaban J connectivity index is 1.26. The minimum atomic E-state index is -0.136. The number of aromatic nitrogens is 3. The zero-order valence-electron chi connectivity index (χ0n) is 20.1. The number of pyridine rings is 1. The fourth-order valence-corrected chi connectivity index (χ4v) is 5.09. The van der Waals surface area contributed by atoms with Crippen LogP contribution in [-0.2, 0) is 30.8 Å². The Labute approximate surface area is 214 Å². The van der Waals surface area contributed by atoms with Gasteiger partial charge in [-0.15, -0.1) is 11.3 Å². The summed E-state index contributed by atoms with van der Waals surface area (Å²) in [5.74, 6) is -0.125. The molecule has 0 saturated carbocycles. The van der Waals surface area contributed by atoms with E-state index in [-0.39, 0.29) is 11.8 Å². The van der Waals surface area contributed by atoms with Crippen molar-refractivity contribution in [2.24, 2.45) is 0 Å². The van der Waals surface area contributed by atoms with Crippen molar-refractivity contribution in [2.75, 3.05) is 6.54 Å². The molecule has 0 saturated heterocycles. The van der Waals surface area contributed by atoms with E-state index >= 15 is 0 Å². The summed E-state index contributed by atoms with van der Waals surface area (Å²) in [4.78, 5) is 33.1. The smallest absolute Gasteiger partial charge is 0.254 e.